The first-order chi connectivity index (χ1) is 13.6. The molecule has 0 aromatic heterocycles. The molecule has 3 aliphatic rings. The lowest BCUT2D eigenvalue weighted by Gasteiger charge is -2.41. The number of guanidine groups is 1. The number of hydrogen-bond acceptors (Lipinski definition) is 2. The number of aliphatic imine (C=N–C) groups is 1. The summed E-state index contributed by atoms with van der Waals surface area (Å²) in [7, 11) is 0. The lowest BCUT2D eigenvalue weighted by Crippen LogP contribution is -2.41. The van der Waals surface area contributed by atoms with Crippen LogP contribution in [0.15, 0.2) is 4.99 Å². The van der Waals surface area contributed by atoms with Crippen molar-refractivity contribution in [2.45, 2.75) is 127 Å². The Morgan fingerprint density at radius 2 is 1.32 bits per heavy atom. The van der Waals surface area contributed by atoms with Crippen LogP contribution in [0.5, 0.6) is 0 Å². The summed E-state index contributed by atoms with van der Waals surface area (Å²) >= 11 is 0. The molecule has 0 heterocycles. The maximum absolute atomic E-state index is 10.7. The third kappa shape index (κ3) is 6.64. The highest BCUT2D eigenvalue weighted by Gasteiger charge is 2.38. The zero-order chi connectivity index (χ0) is 19.8. The average Bonchev–Trinajstić information content (AvgIpc) is 2.69. The standard InChI is InChI=1S/C24H45N3O/c25-23(26)27-24(17-20-11-5-2-6-12-20,16-15-19-9-3-1-4-10-19)18-21-13-7-8-14-22(21)28/h19-22,28H,1-18H2,(H4,25,26,27)/t21?,22-,24+/m0/s1. The van der Waals surface area contributed by atoms with Gasteiger partial charge in [0.05, 0.1) is 11.6 Å². The van der Waals surface area contributed by atoms with Crippen molar-refractivity contribution in [1.82, 2.24) is 0 Å². The van der Waals surface area contributed by atoms with Gasteiger partial charge in [0.15, 0.2) is 5.96 Å². The molecule has 0 aromatic rings. The van der Waals surface area contributed by atoms with E-state index >= 15 is 0 Å². The highest BCUT2D eigenvalue weighted by atomic mass is 16.3. The third-order valence-corrected chi connectivity index (χ3v) is 8.01. The highest BCUT2D eigenvalue weighted by molar-refractivity contribution is 5.76. The van der Waals surface area contributed by atoms with E-state index in [2.05, 4.69) is 0 Å². The number of aliphatic hydroxyl groups is 1. The molecule has 3 fully saturated rings. The van der Waals surface area contributed by atoms with Gasteiger partial charge in [-0.15, -0.1) is 0 Å². The Balaban J connectivity index is 1.75. The first-order valence-corrected chi connectivity index (χ1v) is 12.4. The summed E-state index contributed by atoms with van der Waals surface area (Å²) in [6.07, 6.45) is 22.5. The summed E-state index contributed by atoms with van der Waals surface area (Å²) in [5, 5.41) is 10.7. The van der Waals surface area contributed by atoms with E-state index in [4.69, 9.17) is 16.5 Å². The molecule has 5 N–H and O–H groups in total. The minimum atomic E-state index is -0.164. The normalized spacial score (nSPS) is 29.9. The van der Waals surface area contributed by atoms with Gasteiger partial charge in [0.2, 0.25) is 0 Å². The summed E-state index contributed by atoms with van der Waals surface area (Å²) in [4.78, 5) is 4.98. The molecule has 0 saturated heterocycles. The molecule has 3 saturated carbocycles. The number of hydrogen-bond donors (Lipinski definition) is 3. The van der Waals surface area contributed by atoms with E-state index in [-0.39, 0.29) is 17.6 Å². The molecule has 3 aliphatic carbocycles. The molecule has 162 valence electrons. The number of nitrogens with zero attached hydrogens (tertiary/aromatic N) is 1. The van der Waals surface area contributed by atoms with Gasteiger partial charge in [0, 0.05) is 0 Å². The van der Waals surface area contributed by atoms with Crippen LogP contribution in [0.4, 0.5) is 0 Å². The van der Waals surface area contributed by atoms with Gasteiger partial charge >= 0.3 is 0 Å². The summed E-state index contributed by atoms with van der Waals surface area (Å²) in [6, 6.07) is 0. The van der Waals surface area contributed by atoms with Crippen LogP contribution in [-0.2, 0) is 0 Å². The fourth-order valence-electron chi connectivity index (χ4n) is 6.50. The Hall–Kier alpha value is -0.770. The molecule has 3 rings (SSSR count). The zero-order valence-corrected chi connectivity index (χ0v) is 18.1. The van der Waals surface area contributed by atoms with E-state index in [0.717, 1.165) is 50.4 Å². The number of nitrogens with two attached hydrogens (primary N) is 2. The van der Waals surface area contributed by atoms with Crippen molar-refractivity contribution in [2.24, 2.45) is 34.2 Å². The Bertz CT molecular complexity index is 478. The maximum atomic E-state index is 10.7. The minimum absolute atomic E-state index is 0.152. The van der Waals surface area contributed by atoms with E-state index in [9.17, 15) is 5.11 Å². The Morgan fingerprint density at radius 3 is 1.93 bits per heavy atom. The van der Waals surface area contributed by atoms with Gasteiger partial charge in [0.25, 0.3) is 0 Å². The minimum Gasteiger partial charge on any atom is -0.393 e. The van der Waals surface area contributed by atoms with E-state index < -0.39 is 0 Å². The van der Waals surface area contributed by atoms with Gasteiger partial charge in [-0.05, 0) is 56.3 Å². The predicted octanol–water partition coefficient (Wildman–Crippen LogP) is 5.27. The molecular weight excluding hydrogens is 346 g/mol. The van der Waals surface area contributed by atoms with Crippen LogP contribution in [0, 0.1) is 17.8 Å². The third-order valence-electron chi connectivity index (χ3n) is 8.01. The summed E-state index contributed by atoms with van der Waals surface area (Å²) in [5.41, 5.74) is 11.8. The van der Waals surface area contributed by atoms with Crippen LogP contribution < -0.4 is 11.5 Å². The SMILES string of the molecule is NC(N)=N[C@](CCC1CCCCC1)(CC1CCCCC1)CC1CCCC[C@@H]1O. The van der Waals surface area contributed by atoms with Crippen molar-refractivity contribution in [3.8, 4) is 0 Å². The van der Waals surface area contributed by atoms with Crippen molar-refractivity contribution < 1.29 is 5.11 Å². The molecule has 0 spiro atoms. The molecule has 1 unspecified atom stereocenters. The lowest BCUT2D eigenvalue weighted by molar-refractivity contribution is 0.0449. The second-order valence-corrected chi connectivity index (χ2v) is 10.3. The second-order valence-electron chi connectivity index (χ2n) is 10.3. The Morgan fingerprint density at radius 1 is 0.750 bits per heavy atom. The van der Waals surface area contributed by atoms with Crippen LogP contribution in [0.3, 0.4) is 0 Å². The van der Waals surface area contributed by atoms with Crippen molar-refractivity contribution in [1.29, 1.82) is 0 Å². The quantitative estimate of drug-likeness (QED) is 0.389. The molecule has 4 nitrogen and oxygen atoms in total. The number of rotatable bonds is 8. The van der Waals surface area contributed by atoms with Crippen molar-refractivity contribution in [2.75, 3.05) is 0 Å². The van der Waals surface area contributed by atoms with Crippen molar-refractivity contribution in [3.05, 3.63) is 0 Å². The summed E-state index contributed by atoms with van der Waals surface area (Å²) < 4.78 is 0. The lowest BCUT2D eigenvalue weighted by atomic mass is 9.69. The van der Waals surface area contributed by atoms with E-state index in [1.165, 1.54) is 77.0 Å². The highest BCUT2D eigenvalue weighted by Crippen LogP contribution is 2.43. The molecule has 0 radical (unpaired) electrons. The molecule has 3 atom stereocenters. The van der Waals surface area contributed by atoms with Crippen LogP contribution in [0.25, 0.3) is 0 Å². The zero-order valence-electron chi connectivity index (χ0n) is 18.1. The molecular formula is C24H45N3O. The van der Waals surface area contributed by atoms with Gasteiger partial charge in [-0.3, -0.25) is 0 Å². The second kappa shape index (κ2) is 10.8. The van der Waals surface area contributed by atoms with Crippen molar-refractivity contribution in [3.63, 3.8) is 0 Å². The van der Waals surface area contributed by atoms with Gasteiger partial charge < -0.3 is 16.6 Å². The Kier molecular flexibility index (Phi) is 8.50. The average molecular weight is 392 g/mol. The molecule has 0 bridgehead atoms. The first kappa shape index (κ1) is 21.9. The fraction of sp³-hybridized carbons (Fsp3) is 0.958. The van der Waals surface area contributed by atoms with Gasteiger partial charge in [-0.2, -0.15) is 0 Å². The van der Waals surface area contributed by atoms with Crippen LogP contribution >= 0.6 is 0 Å². The monoisotopic (exact) mass is 391 g/mol. The summed E-state index contributed by atoms with van der Waals surface area (Å²) in [5.74, 6) is 2.23. The fourth-order valence-corrected chi connectivity index (χ4v) is 6.50. The van der Waals surface area contributed by atoms with Gasteiger partial charge in [-0.1, -0.05) is 77.0 Å². The molecule has 4 heteroatoms. The molecule has 0 aromatic carbocycles. The Labute approximate surface area is 172 Å². The van der Waals surface area contributed by atoms with Gasteiger partial charge in [-0.25, -0.2) is 4.99 Å². The van der Waals surface area contributed by atoms with Crippen LogP contribution in [0.2, 0.25) is 0 Å². The smallest absolute Gasteiger partial charge is 0.186 e. The van der Waals surface area contributed by atoms with Crippen molar-refractivity contribution >= 4 is 5.96 Å². The topological polar surface area (TPSA) is 84.6 Å². The molecule has 28 heavy (non-hydrogen) atoms. The summed E-state index contributed by atoms with van der Waals surface area (Å²) in [6.45, 7) is 0. The van der Waals surface area contributed by atoms with Crippen LogP contribution in [0.1, 0.15) is 116 Å². The van der Waals surface area contributed by atoms with E-state index in [1.54, 1.807) is 0 Å². The van der Waals surface area contributed by atoms with E-state index in [1.807, 2.05) is 0 Å². The largest absolute Gasteiger partial charge is 0.393 e. The predicted molar refractivity (Wildman–Crippen MR) is 118 cm³/mol. The van der Waals surface area contributed by atoms with Gasteiger partial charge in [0.1, 0.15) is 0 Å². The number of aliphatic hydroxyl groups excluding tert-OH is 1. The van der Waals surface area contributed by atoms with Crippen LogP contribution in [-0.4, -0.2) is 22.7 Å². The van der Waals surface area contributed by atoms with E-state index in [0.29, 0.717) is 5.92 Å². The maximum Gasteiger partial charge on any atom is 0.186 e. The first-order valence-electron chi connectivity index (χ1n) is 12.4. The molecule has 0 amide bonds. The molecule has 0 aliphatic heterocycles.